The molecule has 0 saturated heterocycles. The van der Waals surface area contributed by atoms with Crippen molar-refractivity contribution in [2.45, 2.75) is 0 Å². The molecule has 1 aromatic carbocycles. The number of rotatable bonds is 3. The van der Waals surface area contributed by atoms with Crippen molar-refractivity contribution in [2.24, 2.45) is 0 Å². The second kappa shape index (κ2) is 7.14. The predicted molar refractivity (Wildman–Crippen MR) is 53.6 cm³/mol. The average molecular weight is 219 g/mol. The van der Waals surface area contributed by atoms with Crippen molar-refractivity contribution in [3.63, 3.8) is 0 Å². The van der Waals surface area contributed by atoms with Gasteiger partial charge in [0.05, 0.1) is 0 Å². The maximum atomic E-state index is 11.2. The predicted octanol–water partition coefficient (Wildman–Crippen LogP) is -0.148. The van der Waals surface area contributed by atoms with Crippen LogP contribution in [0.5, 0.6) is 0 Å². The van der Waals surface area contributed by atoms with Crippen LogP contribution in [0.15, 0.2) is 30.3 Å². The molecule has 0 atom stereocenters. The Morgan fingerprint density at radius 3 is 2.29 bits per heavy atom. The summed E-state index contributed by atoms with van der Waals surface area (Å²) in [5.74, 6) is -1.42. The van der Waals surface area contributed by atoms with Crippen LogP contribution in [0, 0.1) is 0 Å². The maximum absolute atomic E-state index is 11.2. The third-order valence-corrected chi connectivity index (χ3v) is 1.44. The van der Waals surface area contributed by atoms with Gasteiger partial charge in [-0.15, -0.1) is 0 Å². The van der Waals surface area contributed by atoms with Crippen molar-refractivity contribution < 1.29 is 14.7 Å². The van der Waals surface area contributed by atoms with Crippen LogP contribution in [0.25, 0.3) is 0 Å². The van der Waals surface area contributed by atoms with E-state index in [1.165, 1.54) is 0 Å². The molecule has 14 heavy (non-hydrogen) atoms. The van der Waals surface area contributed by atoms with Gasteiger partial charge in [-0.3, -0.25) is 9.59 Å². The molecule has 0 aliphatic heterocycles. The summed E-state index contributed by atoms with van der Waals surface area (Å²) in [6, 6.07) is 8.47. The van der Waals surface area contributed by atoms with Gasteiger partial charge in [0.1, 0.15) is 6.54 Å². The zero-order chi connectivity index (χ0) is 9.68. The van der Waals surface area contributed by atoms with Crippen LogP contribution in [0.1, 0.15) is 10.4 Å². The standard InChI is InChI=1S/C9H9NO3.K.H/c11-8(12)6-10-9(13)7-4-2-1-3-5-7;;/h1-5H,6H2,(H,10,13)(H,11,12);;. The van der Waals surface area contributed by atoms with E-state index in [1.807, 2.05) is 0 Å². The number of carboxylic acids is 1. The van der Waals surface area contributed by atoms with Gasteiger partial charge < -0.3 is 10.4 Å². The Kier molecular flexibility index (Phi) is 7.03. The van der Waals surface area contributed by atoms with Gasteiger partial charge in [0, 0.05) is 5.56 Å². The van der Waals surface area contributed by atoms with Crippen LogP contribution < -0.4 is 5.32 Å². The van der Waals surface area contributed by atoms with E-state index >= 15 is 0 Å². The molecule has 2 N–H and O–H groups in total. The topological polar surface area (TPSA) is 66.4 Å². The Morgan fingerprint density at radius 1 is 1.21 bits per heavy atom. The Labute approximate surface area is 124 Å². The van der Waals surface area contributed by atoms with E-state index in [4.69, 9.17) is 5.11 Å². The fourth-order valence-corrected chi connectivity index (χ4v) is 0.847. The molecule has 0 heterocycles. The summed E-state index contributed by atoms with van der Waals surface area (Å²) in [7, 11) is 0. The first-order valence-corrected chi connectivity index (χ1v) is 3.75. The van der Waals surface area contributed by atoms with E-state index in [0.717, 1.165) is 0 Å². The van der Waals surface area contributed by atoms with Crippen LogP contribution in [0.4, 0.5) is 0 Å². The van der Waals surface area contributed by atoms with Crippen molar-refractivity contribution in [2.75, 3.05) is 6.54 Å². The van der Waals surface area contributed by atoms with Gasteiger partial charge in [0.15, 0.2) is 0 Å². The molecule has 70 valence electrons. The first-order valence-electron chi connectivity index (χ1n) is 3.75. The average Bonchev–Trinajstić information content (AvgIpc) is 2.15. The van der Waals surface area contributed by atoms with Gasteiger partial charge in [-0.2, -0.15) is 0 Å². The molecule has 0 aliphatic rings. The van der Waals surface area contributed by atoms with E-state index < -0.39 is 5.97 Å². The summed E-state index contributed by atoms with van der Waals surface area (Å²) >= 11 is 0. The van der Waals surface area contributed by atoms with Crippen molar-refractivity contribution in [1.82, 2.24) is 5.32 Å². The van der Waals surface area contributed by atoms with Crippen molar-refractivity contribution in [1.29, 1.82) is 0 Å². The molecular weight excluding hydrogens is 209 g/mol. The molecule has 1 amide bonds. The SMILES string of the molecule is O=C(O)CNC(=O)c1ccccc1.[KH]. The minimum absolute atomic E-state index is 0. The Morgan fingerprint density at radius 2 is 1.79 bits per heavy atom. The molecule has 0 spiro atoms. The van der Waals surface area contributed by atoms with E-state index in [-0.39, 0.29) is 63.8 Å². The molecule has 0 aliphatic carbocycles. The Balaban J connectivity index is 0.00000169. The van der Waals surface area contributed by atoms with Gasteiger partial charge in [0.25, 0.3) is 5.91 Å². The third kappa shape index (κ3) is 4.87. The van der Waals surface area contributed by atoms with E-state index in [1.54, 1.807) is 30.3 Å². The number of benzene rings is 1. The summed E-state index contributed by atoms with van der Waals surface area (Å²) in [5, 5.41) is 10.6. The first kappa shape index (κ1) is 13.8. The summed E-state index contributed by atoms with van der Waals surface area (Å²) in [6.07, 6.45) is 0. The fraction of sp³-hybridized carbons (Fsp3) is 0.111. The van der Waals surface area contributed by atoms with Crippen molar-refractivity contribution in [3.05, 3.63) is 35.9 Å². The van der Waals surface area contributed by atoms with Crippen LogP contribution >= 0.6 is 0 Å². The van der Waals surface area contributed by atoms with E-state index in [9.17, 15) is 9.59 Å². The summed E-state index contributed by atoms with van der Waals surface area (Å²) < 4.78 is 0. The first-order chi connectivity index (χ1) is 6.20. The molecule has 0 unspecified atom stereocenters. The Hall–Kier alpha value is -0.204. The van der Waals surface area contributed by atoms with Crippen LogP contribution in [0.2, 0.25) is 0 Å². The van der Waals surface area contributed by atoms with Crippen LogP contribution in [-0.2, 0) is 4.79 Å². The second-order valence-corrected chi connectivity index (χ2v) is 2.44. The number of carboxylic acid groups (broad SMARTS) is 1. The molecular formula is C9H10KNO3. The number of hydrogen-bond donors (Lipinski definition) is 2. The van der Waals surface area contributed by atoms with Gasteiger partial charge in [0.2, 0.25) is 0 Å². The van der Waals surface area contributed by atoms with E-state index in [0.29, 0.717) is 5.56 Å². The molecule has 0 aromatic heterocycles. The number of carbonyl (C=O) groups excluding carboxylic acids is 1. The molecule has 0 fully saturated rings. The van der Waals surface area contributed by atoms with Crippen LogP contribution in [-0.4, -0.2) is 74.9 Å². The van der Waals surface area contributed by atoms with Gasteiger partial charge in [-0.05, 0) is 12.1 Å². The van der Waals surface area contributed by atoms with Gasteiger partial charge in [-0.25, -0.2) is 0 Å². The number of aliphatic carboxylic acids is 1. The Bertz CT molecular complexity index is 313. The van der Waals surface area contributed by atoms with Gasteiger partial charge in [-0.1, -0.05) is 18.2 Å². The number of nitrogens with one attached hydrogen (secondary N) is 1. The van der Waals surface area contributed by atoms with E-state index in [2.05, 4.69) is 5.32 Å². The molecule has 0 bridgehead atoms. The molecule has 4 nitrogen and oxygen atoms in total. The quantitative estimate of drug-likeness (QED) is 0.695. The monoisotopic (exact) mass is 219 g/mol. The molecule has 0 radical (unpaired) electrons. The fourth-order valence-electron chi connectivity index (χ4n) is 0.847. The van der Waals surface area contributed by atoms with Crippen LogP contribution in [0.3, 0.4) is 0 Å². The number of carbonyl (C=O) groups is 2. The molecule has 1 aromatic rings. The normalized spacial score (nSPS) is 8.57. The zero-order valence-corrected chi connectivity index (χ0v) is 6.86. The van der Waals surface area contributed by atoms with Crippen molar-refractivity contribution in [3.8, 4) is 0 Å². The third-order valence-electron chi connectivity index (χ3n) is 1.44. The summed E-state index contributed by atoms with van der Waals surface area (Å²) in [6.45, 7) is -0.353. The molecule has 1 rings (SSSR count). The van der Waals surface area contributed by atoms with Crippen molar-refractivity contribution >= 4 is 63.3 Å². The molecule has 5 heteroatoms. The second-order valence-electron chi connectivity index (χ2n) is 2.44. The molecule has 0 saturated carbocycles. The minimum atomic E-state index is -1.05. The zero-order valence-electron chi connectivity index (χ0n) is 6.86. The van der Waals surface area contributed by atoms with Gasteiger partial charge >= 0.3 is 57.4 Å². The number of amides is 1. The summed E-state index contributed by atoms with van der Waals surface area (Å²) in [4.78, 5) is 21.3. The number of hydrogen-bond acceptors (Lipinski definition) is 2. The summed E-state index contributed by atoms with van der Waals surface area (Å²) in [5.41, 5.74) is 0.462.